The van der Waals surface area contributed by atoms with Crippen LogP contribution in [0.2, 0.25) is 0 Å². The highest BCUT2D eigenvalue weighted by atomic mass is 16.2. The van der Waals surface area contributed by atoms with E-state index < -0.39 is 0 Å². The first-order valence-electron chi connectivity index (χ1n) is 8.35. The Morgan fingerprint density at radius 2 is 1.63 bits per heavy atom. The van der Waals surface area contributed by atoms with E-state index >= 15 is 0 Å². The van der Waals surface area contributed by atoms with Crippen molar-refractivity contribution in [2.75, 3.05) is 19.6 Å². The van der Waals surface area contributed by atoms with Crippen molar-refractivity contribution in [2.45, 2.75) is 70.4 Å². The van der Waals surface area contributed by atoms with Gasteiger partial charge in [-0.15, -0.1) is 0 Å². The highest BCUT2D eigenvalue weighted by Gasteiger charge is 2.41. The molecule has 0 aromatic heterocycles. The van der Waals surface area contributed by atoms with Crippen molar-refractivity contribution < 1.29 is 4.79 Å². The molecule has 108 valence electrons. The van der Waals surface area contributed by atoms with Gasteiger partial charge in [0.1, 0.15) is 0 Å². The molecule has 2 saturated heterocycles. The van der Waals surface area contributed by atoms with Crippen LogP contribution < -0.4 is 0 Å². The molecule has 0 N–H and O–H groups in total. The number of likely N-dealkylation sites (tertiary alicyclic amines) is 2. The van der Waals surface area contributed by atoms with Crippen LogP contribution in [0.15, 0.2) is 0 Å². The zero-order valence-electron chi connectivity index (χ0n) is 12.3. The first kappa shape index (κ1) is 13.4. The van der Waals surface area contributed by atoms with Gasteiger partial charge in [0, 0.05) is 24.5 Å². The van der Waals surface area contributed by atoms with E-state index in [1.54, 1.807) is 0 Å². The predicted octanol–water partition coefficient (Wildman–Crippen LogP) is 2.65. The summed E-state index contributed by atoms with van der Waals surface area (Å²) in [5, 5.41) is 0. The molecule has 1 aliphatic carbocycles. The van der Waals surface area contributed by atoms with Crippen LogP contribution in [0.1, 0.15) is 58.3 Å². The highest BCUT2D eigenvalue weighted by Crippen LogP contribution is 2.34. The monoisotopic (exact) mass is 264 g/mol. The van der Waals surface area contributed by atoms with E-state index in [1.165, 1.54) is 45.1 Å². The molecule has 2 atom stereocenters. The normalized spacial score (nSPS) is 33.4. The Balaban J connectivity index is 1.68. The lowest BCUT2D eigenvalue weighted by Crippen LogP contribution is -2.49. The molecule has 19 heavy (non-hydrogen) atoms. The van der Waals surface area contributed by atoms with Crippen molar-refractivity contribution in [1.82, 2.24) is 9.80 Å². The van der Waals surface area contributed by atoms with E-state index in [0.717, 1.165) is 25.9 Å². The molecule has 2 aliphatic heterocycles. The molecule has 0 radical (unpaired) electrons. The Kier molecular flexibility index (Phi) is 4.11. The average Bonchev–Trinajstić information content (AvgIpc) is 3.16. The fraction of sp³-hybridized carbons (Fsp3) is 0.938. The summed E-state index contributed by atoms with van der Waals surface area (Å²) in [4.78, 5) is 17.6. The third kappa shape index (κ3) is 2.54. The van der Waals surface area contributed by atoms with E-state index in [2.05, 4.69) is 16.7 Å². The Morgan fingerprint density at radius 1 is 0.947 bits per heavy atom. The van der Waals surface area contributed by atoms with Crippen LogP contribution in [-0.2, 0) is 4.79 Å². The summed E-state index contributed by atoms with van der Waals surface area (Å²) < 4.78 is 0. The van der Waals surface area contributed by atoms with Gasteiger partial charge in [-0.1, -0.05) is 19.8 Å². The van der Waals surface area contributed by atoms with Crippen molar-refractivity contribution in [2.24, 2.45) is 5.92 Å². The first-order chi connectivity index (χ1) is 9.31. The second-order valence-electron chi connectivity index (χ2n) is 6.56. The molecule has 2 heterocycles. The maximum absolute atomic E-state index is 12.7. The Hall–Kier alpha value is -0.570. The van der Waals surface area contributed by atoms with E-state index in [-0.39, 0.29) is 0 Å². The lowest BCUT2D eigenvalue weighted by Gasteiger charge is -2.35. The van der Waals surface area contributed by atoms with E-state index in [4.69, 9.17) is 0 Å². The van der Waals surface area contributed by atoms with Crippen molar-refractivity contribution in [3.8, 4) is 0 Å². The molecule has 0 aromatic rings. The topological polar surface area (TPSA) is 23.6 Å². The first-order valence-corrected chi connectivity index (χ1v) is 8.35. The number of hydrogen-bond donors (Lipinski definition) is 0. The molecule has 3 fully saturated rings. The third-order valence-electron chi connectivity index (χ3n) is 5.55. The van der Waals surface area contributed by atoms with Crippen LogP contribution in [0.5, 0.6) is 0 Å². The maximum Gasteiger partial charge on any atom is 0.225 e. The average molecular weight is 264 g/mol. The van der Waals surface area contributed by atoms with Crippen molar-refractivity contribution >= 4 is 5.91 Å². The summed E-state index contributed by atoms with van der Waals surface area (Å²) in [6.45, 7) is 5.67. The summed E-state index contributed by atoms with van der Waals surface area (Å²) in [5.41, 5.74) is 0. The summed E-state index contributed by atoms with van der Waals surface area (Å²) in [6, 6.07) is 1.17. The molecular formula is C16H28N2O. The largest absolute Gasteiger partial charge is 0.338 e. The van der Waals surface area contributed by atoms with E-state index in [1.807, 2.05) is 0 Å². The van der Waals surface area contributed by atoms with Crippen LogP contribution in [0.4, 0.5) is 0 Å². The number of amides is 1. The number of carbonyl (C=O) groups is 1. The summed E-state index contributed by atoms with van der Waals surface area (Å²) in [5.74, 6) is 0.847. The molecule has 3 aliphatic rings. The second-order valence-corrected chi connectivity index (χ2v) is 6.56. The maximum atomic E-state index is 12.7. The van der Waals surface area contributed by atoms with Crippen LogP contribution in [-0.4, -0.2) is 47.4 Å². The number of hydrogen-bond acceptors (Lipinski definition) is 2. The Bertz CT molecular complexity index is 325. The molecule has 3 nitrogen and oxygen atoms in total. The van der Waals surface area contributed by atoms with Crippen molar-refractivity contribution in [3.63, 3.8) is 0 Å². The lowest BCUT2D eigenvalue weighted by atomic mass is 10.0. The SMILES string of the molecule is CCN1CCC[C@H]1[C@H]1CCCN1C(=O)C1CCCC1. The lowest BCUT2D eigenvalue weighted by molar-refractivity contribution is -0.137. The summed E-state index contributed by atoms with van der Waals surface area (Å²) in [6.07, 6.45) is 9.89. The van der Waals surface area contributed by atoms with Gasteiger partial charge < -0.3 is 4.90 Å². The van der Waals surface area contributed by atoms with E-state index in [0.29, 0.717) is 23.9 Å². The van der Waals surface area contributed by atoms with Crippen LogP contribution in [0.25, 0.3) is 0 Å². The van der Waals surface area contributed by atoms with Gasteiger partial charge in [0.25, 0.3) is 0 Å². The van der Waals surface area contributed by atoms with Crippen LogP contribution in [0.3, 0.4) is 0 Å². The van der Waals surface area contributed by atoms with Gasteiger partial charge in [-0.25, -0.2) is 0 Å². The van der Waals surface area contributed by atoms with Crippen molar-refractivity contribution in [1.29, 1.82) is 0 Å². The van der Waals surface area contributed by atoms with Crippen LogP contribution in [0, 0.1) is 5.92 Å². The summed E-state index contributed by atoms with van der Waals surface area (Å²) in [7, 11) is 0. The fourth-order valence-corrected chi connectivity index (χ4v) is 4.55. The molecule has 0 unspecified atom stereocenters. The molecule has 0 bridgehead atoms. The molecular weight excluding hydrogens is 236 g/mol. The number of rotatable bonds is 3. The third-order valence-corrected chi connectivity index (χ3v) is 5.55. The zero-order chi connectivity index (χ0) is 13.2. The molecule has 0 spiro atoms. The minimum Gasteiger partial charge on any atom is -0.338 e. The number of carbonyl (C=O) groups excluding carboxylic acids is 1. The molecule has 0 aromatic carbocycles. The zero-order valence-corrected chi connectivity index (χ0v) is 12.3. The Morgan fingerprint density at radius 3 is 2.37 bits per heavy atom. The number of nitrogens with zero attached hydrogens (tertiary/aromatic N) is 2. The second kappa shape index (κ2) is 5.82. The standard InChI is InChI=1S/C16H28N2O/c1-2-17-11-5-9-14(17)15-10-6-12-18(15)16(19)13-7-3-4-8-13/h13-15H,2-12H2,1H3/t14-,15+/m0/s1. The van der Waals surface area contributed by atoms with Crippen molar-refractivity contribution in [3.05, 3.63) is 0 Å². The van der Waals surface area contributed by atoms with Gasteiger partial charge in [0.15, 0.2) is 0 Å². The van der Waals surface area contributed by atoms with Crippen LogP contribution >= 0.6 is 0 Å². The minimum absolute atomic E-state index is 0.358. The molecule has 1 amide bonds. The van der Waals surface area contributed by atoms with Gasteiger partial charge in [-0.3, -0.25) is 9.69 Å². The fourth-order valence-electron chi connectivity index (χ4n) is 4.55. The van der Waals surface area contributed by atoms with Gasteiger partial charge >= 0.3 is 0 Å². The minimum atomic E-state index is 0.358. The number of likely N-dealkylation sites (N-methyl/N-ethyl adjacent to an activating group) is 1. The molecule has 3 rings (SSSR count). The highest BCUT2D eigenvalue weighted by molar-refractivity contribution is 5.79. The Labute approximate surface area is 117 Å². The van der Waals surface area contributed by atoms with Gasteiger partial charge in [-0.2, -0.15) is 0 Å². The molecule has 3 heteroatoms. The quantitative estimate of drug-likeness (QED) is 0.782. The molecule has 1 saturated carbocycles. The predicted molar refractivity (Wildman–Crippen MR) is 77.0 cm³/mol. The van der Waals surface area contributed by atoms with Gasteiger partial charge in [-0.05, 0) is 51.6 Å². The smallest absolute Gasteiger partial charge is 0.225 e. The van der Waals surface area contributed by atoms with Gasteiger partial charge in [0.2, 0.25) is 5.91 Å². The van der Waals surface area contributed by atoms with E-state index in [9.17, 15) is 4.79 Å². The summed E-state index contributed by atoms with van der Waals surface area (Å²) >= 11 is 0. The van der Waals surface area contributed by atoms with Gasteiger partial charge in [0.05, 0.1) is 0 Å².